The van der Waals surface area contributed by atoms with E-state index >= 15 is 0 Å². The van der Waals surface area contributed by atoms with Crippen molar-refractivity contribution < 1.29 is 12.8 Å². The molecule has 25 heavy (non-hydrogen) atoms. The van der Waals surface area contributed by atoms with Gasteiger partial charge in [-0.2, -0.15) is 9.57 Å². The van der Waals surface area contributed by atoms with E-state index in [9.17, 15) is 18.1 Å². The molecule has 0 atom stereocenters. The summed E-state index contributed by atoms with van der Waals surface area (Å²) < 4.78 is 40.6. The second-order valence-electron chi connectivity index (χ2n) is 6.37. The molecule has 3 rings (SSSR count). The first-order valence-corrected chi connectivity index (χ1v) is 9.56. The fraction of sp³-hybridized carbons (Fsp3) is 0.316. The lowest BCUT2D eigenvalue weighted by atomic mass is 9.74. The number of nitrogens with zero attached hydrogens (tertiary/aromatic N) is 2. The molecule has 0 spiro atoms. The number of sulfonamides is 1. The molecule has 2 aromatic carbocycles. The Morgan fingerprint density at radius 3 is 2.36 bits per heavy atom. The SMILES string of the molecule is Cc1ccc(F)cc1S(=O)(=O)N1CCC(C#N)(c2ccccc2)CC1. The predicted molar refractivity (Wildman–Crippen MR) is 92.9 cm³/mol. The van der Waals surface area contributed by atoms with Crippen LogP contribution in [0.3, 0.4) is 0 Å². The fourth-order valence-corrected chi connectivity index (χ4v) is 5.00. The highest BCUT2D eigenvalue weighted by Crippen LogP contribution is 2.36. The molecule has 1 heterocycles. The second kappa shape index (κ2) is 6.58. The largest absolute Gasteiger partial charge is 0.243 e. The highest BCUT2D eigenvalue weighted by molar-refractivity contribution is 7.89. The molecule has 1 aliphatic rings. The number of piperidine rings is 1. The van der Waals surface area contributed by atoms with Gasteiger partial charge in [0.15, 0.2) is 0 Å². The van der Waals surface area contributed by atoms with Crippen molar-refractivity contribution in [2.45, 2.75) is 30.1 Å². The Balaban J connectivity index is 1.87. The van der Waals surface area contributed by atoms with E-state index in [4.69, 9.17) is 0 Å². The quantitative estimate of drug-likeness (QED) is 0.845. The smallest absolute Gasteiger partial charge is 0.207 e. The van der Waals surface area contributed by atoms with Crippen LogP contribution in [0.5, 0.6) is 0 Å². The molecule has 0 radical (unpaired) electrons. The van der Waals surface area contributed by atoms with Gasteiger partial charge in [-0.25, -0.2) is 12.8 Å². The van der Waals surface area contributed by atoms with E-state index in [2.05, 4.69) is 6.07 Å². The average molecular weight is 358 g/mol. The van der Waals surface area contributed by atoms with Crippen molar-refractivity contribution in [1.29, 1.82) is 5.26 Å². The van der Waals surface area contributed by atoms with Gasteiger partial charge in [-0.1, -0.05) is 36.4 Å². The van der Waals surface area contributed by atoms with Crippen LogP contribution in [0.1, 0.15) is 24.0 Å². The molecule has 0 saturated carbocycles. The van der Waals surface area contributed by atoms with Crippen LogP contribution in [0.2, 0.25) is 0 Å². The Bertz CT molecular complexity index is 912. The molecule has 0 unspecified atom stereocenters. The first-order valence-electron chi connectivity index (χ1n) is 8.12. The number of hydrogen-bond acceptors (Lipinski definition) is 3. The maximum Gasteiger partial charge on any atom is 0.243 e. The Hall–Kier alpha value is -2.23. The standard InChI is InChI=1S/C19H19FN2O2S/c1-15-7-8-17(20)13-18(15)25(23,24)22-11-9-19(14-21,10-12-22)16-5-3-2-4-6-16/h2-8,13H,9-12H2,1H3. The summed E-state index contributed by atoms with van der Waals surface area (Å²) in [5.74, 6) is -0.572. The fourth-order valence-electron chi connectivity index (χ4n) is 3.32. The third kappa shape index (κ3) is 3.17. The third-order valence-corrected chi connectivity index (χ3v) is 6.92. The summed E-state index contributed by atoms with van der Waals surface area (Å²) in [6.07, 6.45) is 0.836. The monoisotopic (exact) mass is 358 g/mol. The van der Waals surface area contributed by atoms with Crippen LogP contribution in [-0.4, -0.2) is 25.8 Å². The first-order chi connectivity index (χ1) is 11.9. The lowest BCUT2D eigenvalue weighted by Crippen LogP contribution is -2.44. The van der Waals surface area contributed by atoms with Crippen molar-refractivity contribution in [3.8, 4) is 6.07 Å². The van der Waals surface area contributed by atoms with E-state index in [-0.39, 0.29) is 18.0 Å². The van der Waals surface area contributed by atoms with Gasteiger partial charge in [-0.3, -0.25) is 0 Å². The van der Waals surface area contributed by atoms with Crippen LogP contribution in [0.25, 0.3) is 0 Å². The minimum Gasteiger partial charge on any atom is -0.207 e. The number of benzene rings is 2. The number of rotatable bonds is 3. The maximum absolute atomic E-state index is 13.5. The molecular formula is C19H19FN2O2S. The topological polar surface area (TPSA) is 61.2 Å². The molecule has 0 amide bonds. The van der Waals surface area contributed by atoms with Crippen LogP contribution in [0, 0.1) is 24.1 Å². The summed E-state index contributed by atoms with van der Waals surface area (Å²) in [5, 5.41) is 9.71. The Morgan fingerprint density at radius 1 is 1.12 bits per heavy atom. The van der Waals surface area contributed by atoms with Crippen molar-refractivity contribution in [3.63, 3.8) is 0 Å². The Kier molecular flexibility index (Phi) is 4.63. The van der Waals surface area contributed by atoms with E-state index in [0.717, 1.165) is 11.6 Å². The molecule has 4 nitrogen and oxygen atoms in total. The number of hydrogen-bond donors (Lipinski definition) is 0. The molecule has 6 heteroatoms. The van der Waals surface area contributed by atoms with Gasteiger partial charge in [0.1, 0.15) is 5.82 Å². The van der Waals surface area contributed by atoms with Crippen LogP contribution >= 0.6 is 0 Å². The van der Waals surface area contributed by atoms with Crippen molar-refractivity contribution in [2.24, 2.45) is 0 Å². The number of aryl methyl sites for hydroxylation is 1. The van der Waals surface area contributed by atoms with Gasteiger partial charge < -0.3 is 0 Å². The summed E-state index contributed by atoms with van der Waals surface area (Å²) in [7, 11) is -3.77. The van der Waals surface area contributed by atoms with Gasteiger partial charge in [0.25, 0.3) is 0 Å². The zero-order chi connectivity index (χ0) is 18.1. The van der Waals surface area contributed by atoms with Crippen molar-refractivity contribution in [3.05, 3.63) is 65.5 Å². The Labute approximate surface area is 147 Å². The summed E-state index contributed by atoms with van der Waals surface area (Å²) in [5.41, 5.74) is 0.752. The zero-order valence-electron chi connectivity index (χ0n) is 13.9. The Morgan fingerprint density at radius 2 is 1.76 bits per heavy atom. The van der Waals surface area contributed by atoms with Crippen molar-refractivity contribution in [2.75, 3.05) is 13.1 Å². The van der Waals surface area contributed by atoms with Crippen LogP contribution in [0.15, 0.2) is 53.4 Å². The summed E-state index contributed by atoms with van der Waals surface area (Å²) in [6.45, 7) is 2.13. The van der Waals surface area contributed by atoms with E-state index in [0.29, 0.717) is 18.4 Å². The zero-order valence-corrected chi connectivity index (χ0v) is 14.8. The third-order valence-electron chi connectivity index (χ3n) is 4.88. The average Bonchev–Trinajstić information content (AvgIpc) is 2.64. The van der Waals surface area contributed by atoms with Crippen LogP contribution in [-0.2, 0) is 15.4 Å². The highest BCUT2D eigenvalue weighted by Gasteiger charge is 2.40. The summed E-state index contributed by atoms with van der Waals surface area (Å²) >= 11 is 0. The summed E-state index contributed by atoms with van der Waals surface area (Å²) in [6, 6.07) is 15.6. The molecule has 0 aliphatic carbocycles. The van der Waals surface area contributed by atoms with Gasteiger partial charge in [0.05, 0.1) is 16.4 Å². The van der Waals surface area contributed by atoms with Gasteiger partial charge in [-0.05, 0) is 43.0 Å². The van der Waals surface area contributed by atoms with Gasteiger partial charge in [-0.15, -0.1) is 0 Å². The minimum absolute atomic E-state index is 0.00308. The van der Waals surface area contributed by atoms with E-state index in [1.807, 2.05) is 30.3 Å². The molecule has 1 saturated heterocycles. The maximum atomic E-state index is 13.5. The molecule has 130 valence electrons. The molecule has 2 aromatic rings. The predicted octanol–water partition coefficient (Wildman–Crippen LogP) is 3.38. The minimum atomic E-state index is -3.77. The number of nitriles is 1. The molecule has 1 fully saturated rings. The molecule has 0 N–H and O–H groups in total. The lowest BCUT2D eigenvalue weighted by molar-refractivity contribution is 0.277. The lowest BCUT2D eigenvalue weighted by Gasteiger charge is -2.37. The number of halogens is 1. The van der Waals surface area contributed by atoms with E-state index in [1.54, 1.807) is 6.92 Å². The second-order valence-corrected chi connectivity index (χ2v) is 8.28. The molecule has 0 aromatic heterocycles. The van der Waals surface area contributed by atoms with Crippen molar-refractivity contribution in [1.82, 2.24) is 4.31 Å². The van der Waals surface area contributed by atoms with Gasteiger partial charge in [0, 0.05) is 13.1 Å². The van der Waals surface area contributed by atoms with Crippen molar-refractivity contribution >= 4 is 10.0 Å². The van der Waals surface area contributed by atoms with E-state index in [1.165, 1.54) is 16.4 Å². The highest BCUT2D eigenvalue weighted by atomic mass is 32.2. The van der Waals surface area contributed by atoms with Gasteiger partial charge in [0.2, 0.25) is 10.0 Å². The normalized spacial score (nSPS) is 17.8. The molecular weight excluding hydrogens is 339 g/mol. The molecule has 1 aliphatic heterocycles. The summed E-state index contributed by atoms with van der Waals surface area (Å²) in [4.78, 5) is -0.00308. The first kappa shape index (κ1) is 17.6. The van der Waals surface area contributed by atoms with Crippen LogP contribution < -0.4 is 0 Å². The van der Waals surface area contributed by atoms with Gasteiger partial charge >= 0.3 is 0 Å². The molecule has 0 bridgehead atoms. The van der Waals surface area contributed by atoms with E-state index < -0.39 is 21.3 Å². The van der Waals surface area contributed by atoms with Crippen LogP contribution in [0.4, 0.5) is 4.39 Å².